The Morgan fingerprint density at radius 2 is 1.68 bits per heavy atom. The van der Waals surface area contributed by atoms with Gasteiger partial charge in [-0.05, 0) is 36.2 Å². The van der Waals surface area contributed by atoms with E-state index in [1.54, 1.807) is 12.1 Å². The van der Waals surface area contributed by atoms with Gasteiger partial charge in [0.05, 0.1) is 5.52 Å². The van der Waals surface area contributed by atoms with Gasteiger partial charge >= 0.3 is 0 Å². The average molecular weight is 454 g/mol. The van der Waals surface area contributed by atoms with Crippen molar-refractivity contribution in [1.29, 1.82) is 0 Å². The fourth-order valence-electron chi connectivity index (χ4n) is 4.66. The fourth-order valence-corrected chi connectivity index (χ4v) is 4.66. The summed E-state index contributed by atoms with van der Waals surface area (Å²) < 4.78 is 24.1. The number of aryl methyl sites for hydroxylation is 2. The summed E-state index contributed by atoms with van der Waals surface area (Å²) in [6.45, 7) is 6.68. The van der Waals surface area contributed by atoms with E-state index in [1.807, 2.05) is 6.07 Å². The number of aromatic nitrogens is 2. The molecule has 3 aromatic carbocycles. The van der Waals surface area contributed by atoms with E-state index in [0.717, 1.165) is 37.2 Å². The average Bonchev–Trinajstić information content (AvgIpc) is 3.18. The molecule has 5 aromatic rings. The molecule has 34 heavy (non-hydrogen) atoms. The van der Waals surface area contributed by atoms with Crippen LogP contribution in [0.1, 0.15) is 36.6 Å². The molecule has 0 aliphatic carbocycles. The second kappa shape index (κ2) is 9.68. The van der Waals surface area contributed by atoms with Crippen molar-refractivity contribution in [2.24, 2.45) is 0 Å². The molecule has 0 saturated carbocycles. The Labute approximate surface area is 200 Å². The van der Waals surface area contributed by atoms with Crippen LogP contribution in [0.5, 0.6) is 5.75 Å². The van der Waals surface area contributed by atoms with Crippen molar-refractivity contribution in [2.75, 3.05) is 0 Å². The maximum Gasteiger partial charge on any atom is 0.203 e. The standard InChI is InChI=1S/C30H30FN2O/c1-3-4-17-33-29-19-26(34-21-24-10-12-25(31)13-11-24)14-15-27(29)28-16-18-32(22(2)30(28)33)20-23-8-6-5-7-9-23/h5-16,18-19H,3-4,17,20-21H2,1-2H3/q+1. The maximum absolute atomic E-state index is 13.2. The molecule has 0 spiro atoms. The van der Waals surface area contributed by atoms with Crippen molar-refractivity contribution in [3.05, 3.63) is 108 Å². The van der Waals surface area contributed by atoms with Crippen molar-refractivity contribution in [3.63, 3.8) is 0 Å². The molecule has 2 aromatic heterocycles. The molecule has 172 valence electrons. The lowest BCUT2D eigenvalue weighted by Gasteiger charge is -2.10. The van der Waals surface area contributed by atoms with Gasteiger partial charge in [0.2, 0.25) is 5.69 Å². The zero-order chi connectivity index (χ0) is 23.5. The minimum atomic E-state index is -0.231. The lowest BCUT2D eigenvalue weighted by molar-refractivity contribution is -0.693. The molecular weight excluding hydrogens is 423 g/mol. The molecule has 4 heteroatoms. The quantitative estimate of drug-likeness (QED) is 0.232. The van der Waals surface area contributed by atoms with Crippen molar-refractivity contribution in [3.8, 4) is 5.75 Å². The van der Waals surface area contributed by atoms with Crippen LogP contribution in [0.15, 0.2) is 85.1 Å². The van der Waals surface area contributed by atoms with Gasteiger partial charge in [-0.2, -0.15) is 4.57 Å². The maximum atomic E-state index is 13.2. The van der Waals surface area contributed by atoms with E-state index < -0.39 is 0 Å². The molecule has 0 N–H and O–H groups in total. The summed E-state index contributed by atoms with van der Waals surface area (Å²) in [5, 5.41) is 2.52. The van der Waals surface area contributed by atoms with Crippen LogP contribution in [-0.4, -0.2) is 4.57 Å². The lowest BCUT2D eigenvalue weighted by atomic mass is 10.1. The Bertz CT molecular complexity index is 1420. The summed E-state index contributed by atoms with van der Waals surface area (Å²) in [5.74, 6) is 0.595. The second-order valence-corrected chi connectivity index (χ2v) is 8.88. The highest BCUT2D eigenvalue weighted by Crippen LogP contribution is 2.33. The summed E-state index contributed by atoms with van der Waals surface area (Å²) >= 11 is 0. The van der Waals surface area contributed by atoms with E-state index >= 15 is 0 Å². The normalized spacial score (nSPS) is 11.4. The summed E-state index contributed by atoms with van der Waals surface area (Å²) in [5.41, 5.74) is 5.99. The van der Waals surface area contributed by atoms with E-state index in [0.29, 0.717) is 6.61 Å². The minimum absolute atomic E-state index is 0.231. The van der Waals surface area contributed by atoms with E-state index in [1.165, 1.54) is 45.2 Å². The van der Waals surface area contributed by atoms with Crippen LogP contribution in [-0.2, 0) is 19.7 Å². The summed E-state index contributed by atoms with van der Waals surface area (Å²) in [6.07, 6.45) is 4.46. The fraction of sp³-hybridized carbons (Fsp3) is 0.233. The summed E-state index contributed by atoms with van der Waals surface area (Å²) in [4.78, 5) is 0. The molecule has 0 bridgehead atoms. The van der Waals surface area contributed by atoms with Gasteiger partial charge in [-0.15, -0.1) is 0 Å². The molecule has 0 aliphatic rings. The Kier molecular flexibility index (Phi) is 6.31. The number of hydrogen-bond donors (Lipinski definition) is 0. The number of ether oxygens (including phenoxy) is 1. The van der Waals surface area contributed by atoms with Crippen molar-refractivity contribution in [1.82, 2.24) is 4.57 Å². The van der Waals surface area contributed by atoms with Gasteiger partial charge in [0.1, 0.15) is 23.7 Å². The van der Waals surface area contributed by atoms with Crippen LogP contribution in [0.25, 0.3) is 21.8 Å². The van der Waals surface area contributed by atoms with Crippen LogP contribution in [0.3, 0.4) is 0 Å². The zero-order valence-electron chi connectivity index (χ0n) is 19.8. The number of hydrogen-bond acceptors (Lipinski definition) is 1. The molecule has 0 atom stereocenters. The van der Waals surface area contributed by atoms with Crippen LogP contribution >= 0.6 is 0 Å². The van der Waals surface area contributed by atoms with Crippen molar-refractivity contribution >= 4 is 21.8 Å². The molecular formula is C30H30FN2O+. The predicted molar refractivity (Wildman–Crippen MR) is 136 cm³/mol. The highest BCUT2D eigenvalue weighted by molar-refractivity contribution is 6.08. The van der Waals surface area contributed by atoms with Crippen LogP contribution < -0.4 is 9.30 Å². The smallest absolute Gasteiger partial charge is 0.203 e. The number of unbranched alkanes of at least 4 members (excludes halogenated alkanes) is 1. The monoisotopic (exact) mass is 453 g/mol. The Morgan fingerprint density at radius 1 is 0.882 bits per heavy atom. The number of rotatable bonds is 8. The van der Waals surface area contributed by atoms with Crippen molar-refractivity contribution in [2.45, 2.75) is 46.4 Å². The molecule has 2 heterocycles. The molecule has 0 amide bonds. The molecule has 0 fully saturated rings. The number of benzene rings is 3. The van der Waals surface area contributed by atoms with Crippen molar-refractivity contribution < 1.29 is 13.7 Å². The van der Waals surface area contributed by atoms with Crippen LogP contribution in [0.4, 0.5) is 4.39 Å². The molecule has 5 rings (SSSR count). The highest BCUT2D eigenvalue weighted by Gasteiger charge is 2.20. The topological polar surface area (TPSA) is 18.0 Å². The molecule has 0 aliphatic heterocycles. The van der Waals surface area contributed by atoms with Gasteiger partial charge in [0, 0.05) is 41.9 Å². The Balaban J connectivity index is 1.55. The van der Waals surface area contributed by atoms with E-state index in [4.69, 9.17) is 4.74 Å². The SMILES string of the molecule is CCCCn1c2cc(OCc3ccc(F)cc3)ccc2c2cc[n+](Cc3ccccc3)c(C)c21. The first-order valence-corrected chi connectivity index (χ1v) is 12.0. The number of pyridine rings is 1. The zero-order valence-corrected chi connectivity index (χ0v) is 19.8. The summed E-state index contributed by atoms with van der Waals surface area (Å²) in [7, 11) is 0. The molecule has 0 unspecified atom stereocenters. The van der Waals surface area contributed by atoms with Gasteiger partial charge in [-0.1, -0.05) is 55.8 Å². The largest absolute Gasteiger partial charge is 0.489 e. The van der Waals surface area contributed by atoms with E-state index in [2.05, 4.69) is 77.7 Å². The third-order valence-corrected chi connectivity index (χ3v) is 6.52. The van der Waals surface area contributed by atoms with Gasteiger partial charge < -0.3 is 9.30 Å². The molecule has 3 nitrogen and oxygen atoms in total. The van der Waals surface area contributed by atoms with Gasteiger partial charge in [0.15, 0.2) is 12.7 Å². The van der Waals surface area contributed by atoms with E-state index in [-0.39, 0.29) is 5.82 Å². The van der Waals surface area contributed by atoms with Gasteiger partial charge in [-0.3, -0.25) is 0 Å². The number of fused-ring (bicyclic) bond motifs is 3. The number of nitrogens with zero attached hydrogens (tertiary/aromatic N) is 2. The molecule has 0 radical (unpaired) electrons. The first kappa shape index (κ1) is 22.1. The highest BCUT2D eigenvalue weighted by atomic mass is 19.1. The van der Waals surface area contributed by atoms with Gasteiger partial charge in [0.25, 0.3) is 0 Å². The second-order valence-electron chi connectivity index (χ2n) is 8.88. The predicted octanol–water partition coefficient (Wildman–Crippen LogP) is 6.96. The summed E-state index contributed by atoms with van der Waals surface area (Å²) in [6, 6.07) is 25.7. The first-order chi connectivity index (χ1) is 16.6. The Morgan fingerprint density at radius 3 is 2.44 bits per heavy atom. The van der Waals surface area contributed by atoms with Gasteiger partial charge in [-0.25, -0.2) is 4.39 Å². The van der Waals surface area contributed by atoms with E-state index in [9.17, 15) is 4.39 Å². The third-order valence-electron chi connectivity index (χ3n) is 6.52. The van der Waals surface area contributed by atoms with Crippen LogP contribution in [0, 0.1) is 12.7 Å². The first-order valence-electron chi connectivity index (χ1n) is 12.0. The third kappa shape index (κ3) is 4.41. The molecule has 0 saturated heterocycles. The minimum Gasteiger partial charge on any atom is -0.489 e. The van der Waals surface area contributed by atoms with Crippen LogP contribution in [0.2, 0.25) is 0 Å². The number of halogens is 1. The lowest BCUT2D eigenvalue weighted by Crippen LogP contribution is -2.37. The Hall–Kier alpha value is -3.66.